The average molecular weight is 249 g/mol. The van der Waals surface area contributed by atoms with Gasteiger partial charge in [0.05, 0.1) is 24.6 Å². The number of H-pyrrole nitrogens is 1. The van der Waals surface area contributed by atoms with E-state index in [9.17, 15) is 0 Å². The summed E-state index contributed by atoms with van der Waals surface area (Å²) in [5.74, 6) is 0. The van der Waals surface area contributed by atoms with Crippen molar-refractivity contribution >= 4 is 11.3 Å². The molecule has 0 radical (unpaired) electrons. The lowest BCUT2D eigenvalue weighted by Gasteiger charge is -2.22. The molecule has 2 N–H and O–H groups in total. The fourth-order valence-electron chi connectivity index (χ4n) is 1.99. The highest BCUT2D eigenvalue weighted by Gasteiger charge is 2.15. The van der Waals surface area contributed by atoms with Gasteiger partial charge in [-0.25, -0.2) is 4.98 Å². The highest BCUT2D eigenvalue weighted by Crippen LogP contribution is 2.22. The molecule has 1 aliphatic rings. The summed E-state index contributed by atoms with van der Waals surface area (Å²) >= 11 is 1.68. The first-order valence-electron chi connectivity index (χ1n) is 5.81. The molecule has 0 amide bonds. The average Bonchev–Trinajstić information content (AvgIpc) is 3.00. The van der Waals surface area contributed by atoms with Crippen LogP contribution < -0.4 is 5.32 Å². The Hall–Kier alpha value is -1.17. The van der Waals surface area contributed by atoms with Gasteiger partial charge in [0.1, 0.15) is 5.01 Å². The summed E-state index contributed by atoms with van der Waals surface area (Å²) in [4.78, 5) is 7.82. The quantitative estimate of drug-likeness (QED) is 0.870. The van der Waals surface area contributed by atoms with Crippen LogP contribution in [0.5, 0.6) is 0 Å². The SMILES string of the molecule is c1c[nH]c(-c2nc(CC3COCCN3)cs2)c1. The van der Waals surface area contributed by atoms with E-state index in [1.807, 2.05) is 18.3 Å². The maximum atomic E-state index is 5.44. The normalized spacial score (nSPS) is 20.6. The topological polar surface area (TPSA) is 49.9 Å². The van der Waals surface area contributed by atoms with Crippen LogP contribution in [0.1, 0.15) is 5.69 Å². The zero-order chi connectivity index (χ0) is 11.5. The second kappa shape index (κ2) is 5.00. The summed E-state index contributed by atoms with van der Waals surface area (Å²) in [6.45, 7) is 2.55. The highest BCUT2D eigenvalue weighted by atomic mass is 32.1. The van der Waals surface area contributed by atoms with Crippen molar-refractivity contribution in [3.8, 4) is 10.7 Å². The summed E-state index contributed by atoms with van der Waals surface area (Å²) in [6, 6.07) is 4.44. The van der Waals surface area contributed by atoms with E-state index in [1.54, 1.807) is 11.3 Å². The molecule has 1 fully saturated rings. The largest absolute Gasteiger partial charge is 0.379 e. The molecule has 1 unspecified atom stereocenters. The van der Waals surface area contributed by atoms with Crippen LogP contribution in [0, 0.1) is 0 Å². The minimum atomic E-state index is 0.405. The Morgan fingerprint density at radius 3 is 3.29 bits per heavy atom. The molecule has 0 aromatic carbocycles. The maximum absolute atomic E-state index is 5.44. The molecule has 4 nitrogen and oxygen atoms in total. The number of hydrogen-bond acceptors (Lipinski definition) is 4. The third-order valence-corrected chi connectivity index (χ3v) is 3.76. The van der Waals surface area contributed by atoms with E-state index in [-0.39, 0.29) is 0 Å². The molecule has 3 heterocycles. The van der Waals surface area contributed by atoms with Gasteiger partial charge in [0.2, 0.25) is 0 Å². The number of aromatic nitrogens is 2. The van der Waals surface area contributed by atoms with Gasteiger partial charge in [0.15, 0.2) is 0 Å². The van der Waals surface area contributed by atoms with Crippen LogP contribution in [0.25, 0.3) is 10.7 Å². The highest BCUT2D eigenvalue weighted by molar-refractivity contribution is 7.13. The van der Waals surface area contributed by atoms with Crippen molar-refractivity contribution in [3.05, 3.63) is 29.4 Å². The molecule has 0 spiro atoms. The Balaban J connectivity index is 1.68. The van der Waals surface area contributed by atoms with Crippen LogP contribution in [0.3, 0.4) is 0 Å². The second-order valence-corrected chi connectivity index (χ2v) is 5.02. The summed E-state index contributed by atoms with van der Waals surface area (Å²) in [5.41, 5.74) is 2.23. The zero-order valence-corrected chi connectivity index (χ0v) is 10.3. The van der Waals surface area contributed by atoms with Crippen LogP contribution in [-0.2, 0) is 11.2 Å². The predicted molar refractivity (Wildman–Crippen MR) is 68.2 cm³/mol. The van der Waals surface area contributed by atoms with Gasteiger partial charge in [-0.3, -0.25) is 0 Å². The number of hydrogen-bond donors (Lipinski definition) is 2. The molecule has 90 valence electrons. The molecule has 3 rings (SSSR count). The van der Waals surface area contributed by atoms with Crippen molar-refractivity contribution in [2.24, 2.45) is 0 Å². The number of aromatic amines is 1. The Morgan fingerprint density at radius 1 is 1.53 bits per heavy atom. The van der Waals surface area contributed by atoms with Crippen molar-refractivity contribution in [1.82, 2.24) is 15.3 Å². The lowest BCUT2D eigenvalue weighted by molar-refractivity contribution is 0.0767. The molecule has 17 heavy (non-hydrogen) atoms. The Morgan fingerprint density at radius 2 is 2.53 bits per heavy atom. The van der Waals surface area contributed by atoms with Crippen molar-refractivity contribution in [3.63, 3.8) is 0 Å². The van der Waals surface area contributed by atoms with E-state index in [0.29, 0.717) is 6.04 Å². The van der Waals surface area contributed by atoms with E-state index in [1.165, 1.54) is 0 Å². The molecule has 0 aliphatic carbocycles. The molecule has 2 aromatic heterocycles. The van der Waals surface area contributed by atoms with Gasteiger partial charge >= 0.3 is 0 Å². The maximum Gasteiger partial charge on any atom is 0.139 e. The third-order valence-electron chi connectivity index (χ3n) is 2.83. The molecule has 1 aliphatic heterocycles. The number of rotatable bonds is 3. The van der Waals surface area contributed by atoms with Gasteiger partial charge < -0.3 is 15.0 Å². The molecule has 0 saturated carbocycles. The van der Waals surface area contributed by atoms with E-state index >= 15 is 0 Å². The van der Waals surface area contributed by atoms with Gasteiger partial charge in [-0.15, -0.1) is 11.3 Å². The number of ether oxygens (including phenoxy) is 1. The lowest BCUT2D eigenvalue weighted by Crippen LogP contribution is -2.42. The number of nitrogens with one attached hydrogen (secondary N) is 2. The van der Waals surface area contributed by atoms with Crippen molar-refractivity contribution < 1.29 is 4.74 Å². The monoisotopic (exact) mass is 249 g/mol. The molecule has 5 heteroatoms. The van der Waals surface area contributed by atoms with Crippen LogP contribution in [0.15, 0.2) is 23.7 Å². The van der Waals surface area contributed by atoms with Gasteiger partial charge in [-0.1, -0.05) is 0 Å². The van der Waals surface area contributed by atoms with Crippen molar-refractivity contribution in [1.29, 1.82) is 0 Å². The van der Waals surface area contributed by atoms with Gasteiger partial charge in [-0.05, 0) is 12.1 Å². The van der Waals surface area contributed by atoms with Crippen LogP contribution in [-0.4, -0.2) is 35.8 Å². The summed E-state index contributed by atoms with van der Waals surface area (Å²) < 4.78 is 5.44. The lowest BCUT2D eigenvalue weighted by atomic mass is 10.1. The third kappa shape index (κ3) is 2.57. The van der Waals surface area contributed by atoms with E-state index in [2.05, 4.69) is 20.7 Å². The van der Waals surface area contributed by atoms with Crippen molar-refractivity contribution in [2.75, 3.05) is 19.8 Å². The van der Waals surface area contributed by atoms with Gasteiger partial charge in [-0.2, -0.15) is 0 Å². The Bertz CT molecular complexity index is 460. The first-order valence-corrected chi connectivity index (χ1v) is 6.69. The smallest absolute Gasteiger partial charge is 0.139 e. The second-order valence-electron chi connectivity index (χ2n) is 4.16. The molecular formula is C12H15N3OS. The minimum absolute atomic E-state index is 0.405. The standard InChI is InChI=1S/C12H15N3OS/c1-2-11(14-3-1)12-15-10(8-17-12)6-9-7-16-5-4-13-9/h1-3,8-9,13-14H,4-7H2. The Labute approximate surface area is 104 Å². The number of thiazole rings is 1. The minimum Gasteiger partial charge on any atom is -0.379 e. The molecule has 2 aromatic rings. The van der Waals surface area contributed by atoms with Gasteiger partial charge in [0, 0.05) is 30.6 Å². The number of nitrogens with zero attached hydrogens (tertiary/aromatic N) is 1. The molecular weight excluding hydrogens is 234 g/mol. The number of morpholine rings is 1. The van der Waals surface area contributed by atoms with Crippen LogP contribution in [0.2, 0.25) is 0 Å². The molecule has 1 atom stereocenters. The first-order chi connectivity index (χ1) is 8.42. The van der Waals surface area contributed by atoms with E-state index < -0.39 is 0 Å². The Kier molecular flexibility index (Phi) is 3.22. The molecule has 1 saturated heterocycles. The van der Waals surface area contributed by atoms with Crippen molar-refractivity contribution in [2.45, 2.75) is 12.5 Å². The summed E-state index contributed by atoms with van der Waals surface area (Å²) in [6.07, 6.45) is 2.87. The van der Waals surface area contributed by atoms with E-state index in [0.717, 1.165) is 42.6 Å². The summed E-state index contributed by atoms with van der Waals surface area (Å²) in [7, 11) is 0. The first kappa shape index (κ1) is 11.0. The van der Waals surface area contributed by atoms with E-state index in [4.69, 9.17) is 4.74 Å². The summed E-state index contributed by atoms with van der Waals surface area (Å²) in [5, 5.41) is 6.63. The van der Waals surface area contributed by atoms with Crippen LogP contribution in [0.4, 0.5) is 0 Å². The zero-order valence-electron chi connectivity index (χ0n) is 9.48. The fraction of sp³-hybridized carbons (Fsp3) is 0.417. The fourth-order valence-corrected chi connectivity index (χ4v) is 2.81. The molecule has 0 bridgehead atoms. The van der Waals surface area contributed by atoms with Gasteiger partial charge in [0.25, 0.3) is 0 Å². The predicted octanol–water partition coefficient (Wildman–Crippen LogP) is 1.67. The van der Waals surface area contributed by atoms with Crippen LogP contribution >= 0.6 is 11.3 Å².